The van der Waals surface area contributed by atoms with E-state index >= 15 is 0 Å². The summed E-state index contributed by atoms with van der Waals surface area (Å²) in [6.07, 6.45) is 0. The fourth-order valence-electron chi connectivity index (χ4n) is 1.95. The highest BCUT2D eigenvalue weighted by Gasteiger charge is 2.16. The van der Waals surface area contributed by atoms with Crippen molar-refractivity contribution in [2.45, 2.75) is 20.4 Å². The van der Waals surface area contributed by atoms with Crippen LogP contribution in [-0.2, 0) is 16.2 Å². The van der Waals surface area contributed by atoms with Gasteiger partial charge in [-0.3, -0.25) is 19.0 Å². The Morgan fingerprint density at radius 3 is 2.67 bits per heavy atom. The molecular formula is C14H15FN2O3S. The first-order chi connectivity index (χ1) is 10.0. The van der Waals surface area contributed by atoms with E-state index in [2.05, 4.69) is 5.48 Å². The highest BCUT2D eigenvalue weighted by Crippen LogP contribution is 2.25. The summed E-state index contributed by atoms with van der Waals surface area (Å²) in [5.41, 5.74) is 3.56. The van der Waals surface area contributed by atoms with E-state index in [0.717, 1.165) is 16.2 Å². The molecule has 0 atom stereocenters. The SMILES string of the molecule is CCONC(=O)Cn1c(-c2ccc(F)cc2)c(C)sc1=O. The van der Waals surface area contributed by atoms with Gasteiger partial charge in [-0.1, -0.05) is 11.3 Å². The smallest absolute Gasteiger partial charge is 0.289 e. The molecular weight excluding hydrogens is 295 g/mol. The number of hydrogen-bond donors (Lipinski definition) is 1. The summed E-state index contributed by atoms with van der Waals surface area (Å²) >= 11 is 1.05. The zero-order valence-corrected chi connectivity index (χ0v) is 12.5. The molecule has 5 nitrogen and oxygen atoms in total. The summed E-state index contributed by atoms with van der Waals surface area (Å²) in [5.74, 6) is -0.769. The third kappa shape index (κ3) is 3.56. The second-order valence-corrected chi connectivity index (χ2v) is 5.49. The molecule has 1 N–H and O–H groups in total. The number of aryl methyl sites for hydroxylation is 1. The predicted octanol–water partition coefficient (Wildman–Crippen LogP) is 2.09. The Balaban J connectivity index is 2.36. The Morgan fingerprint density at radius 1 is 1.38 bits per heavy atom. The van der Waals surface area contributed by atoms with Crippen molar-refractivity contribution in [1.82, 2.24) is 10.0 Å². The number of halogens is 1. The fraction of sp³-hybridized carbons (Fsp3) is 0.286. The van der Waals surface area contributed by atoms with Crippen LogP contribution in [0.2, 0.25) is 0 Å². The van der Waals surface area contributed by atoms with Crippen molar-refractivity contribution in [2.24, 2.45) is 0 Å². The standard InChI is InChI=1S/C14H15FN2O3S/c1-3-20-16-12(18)8-17-13(9(2)21-14(17)19)10-4-6-11(15)7-5-10/h4-7H,3,8H2,1-2H3,(H,16,18). The number of amides is 1. The molecule has 0 aliphatic heterocycles. The van der Waals surface area contributed by atoms with Gasteiger partial charge in [-0.2, -0.15) is 0 Å². The Hall–Kier alpha value is -1.99. The topological polar surface area (TPSA) is 60.3 Å². The molecule has 1 heterocycles. The van der Waals surface area contributed by atoms with E-state index in [4.69, 9.17) is 4.84 Å². The first kappa shape index (κ1) is 15.4. The zero-order chi connectivity index (χ0) is 15.4. The predicted molar refractivity (Wildman–Crippen MR) is 78.5 cm³/mol. The minimum atomic E-state index is -0.417. The van der Waals surface area contributed by atoms with Crippen molar-refractivity contribution in [1.29, 1.82) is 0 Å². The van der Waals surface area contributed by atoms with Crippen LogP contribution in [0.15, 0.2) is 29.1 Å². The molecule has 0 aliphatic rings. The van der Waals surface area contributed by atoms with Crippen LogP contribution in [0.25, 0.3) is 11.3 Å². The normalized spacial score (nSPS) is 10.6. The average Bonchev–Trinajstić information content (AvgIpc) is 2.72. The third-order valence-corrected chi connectivity index (χ3v) is 3.71. The Labute approximate surface area is 124 Å². The van der Waals surface area contributed by atoms with Crippen molar-refractivity contribution < 1.29 is 14.0 Å². The molecule has 112 valence electrons. The molecule has 0 radical (unpaired) electrons. The van der Waals surface area contributed by atoms with Gasteiger partial charge in [0, 0.05) is 4.88 Å². The Morgan fingerprint density at radius 2 is 2.05 bits per heavy atom. The van der Waals surface area contributed by atoms with Crippen molar-refractivity contribution in [3.05, 3.63) is 44.6 Å². The molecule has 0 spiro atoms. The second-order valence-electron chi connectivity index (χ2n) is 4.32. The van der Waals surface area contributed by atoms with Crippen LogP contribution >= 0.6 is 11.3 Å². The van der Waals surface area contributed by atoms with Crippen LogP contribution in [-0.4, -0.2) is 17.1 Å². The molecule has 0 fully saturated rings. The number of aromatic nitrogens is 1. The molecule has 0 bridgehead atoms. The van der Waals surface area contributed by atoms with Gasteiger partial charge in [-0.25, -0.2) is 9.87 Å². The summed E-state index contributed by atoms with van der Waals surface area (Å²) in [6, 6.07) is 5.81. The van der Waals surface area contributed by atoms with Gasteiger partial charge in [0.25, 0.3) is 5.91 Å². The van der Waals surface area contributed by atoms with Crippen LogP contribution in [0, 0.1) is 12.7 Å². The maximum atomic E-state index is 13.0. The molecule has 1 amide bonds. The molecule has 0 unspecified atom stereocenters. The molecule has 0 saturated carbocycles. The van der Waals surface area contributed by atoms with Crippen LogP contribution in [0.1, 0.15) is 11.8 Å². The lowest BCUT2D eigenvalue weighted by Crippen LogP contribution is -2.31. The molecule has 7 heteroatoms. The maximum absolute atomic E-state index is 13.0. The van der Waals surface area contributed by atoms with Crippen LogP contribution < -0.4 is 10.4 Å². The highest BCUT2D eigenvalue weighted by molar-refractivity contribution is 7.09. The number of benzene rings is 1. The minimum Gasteiger partial charge on any atom is -0.289 e. The number of rotatable bonds is 5. The molecule has 21 heavy (non-hydrogen) atoms. The number of hydrogen-bond acceptors (Lipinski definition) is 4. The lowest BCUT2D eigenvalue weighted by molar-refractivity contribution is -0.133. The quantitative estimate of drug-likeness (QED) is 0.860. The average molecular weight is 310 g/mol. The van der Waals surface area contributed by atoms with Gasteiger partial charge in [0.05, 0.1) is 12.3 Å². The van der Waals surface area contributed by atoms with Crippen LogP contribution in [0.3, 0.4) is 0 Å². The van der Waals surface area contributed by atoms with Gasteiger partial charge in [0.1, 0.15) is 12.4 Å². The van der Waals surface area contributed by atoms with E-state index in [1.165, 1.54) is 16.7 Å². The molecule has 0 saturated heterocycles. The third-order valence-electron chi connectivity index (χ3n) is 2.81. The summed E-state index contributed by atoms with van der Waals surface area (Å²) in [4.78, 5) is 29.1. The Bertz CT molecular complexity index is 691. The van der Waals surface area contributed by atoms with Gasteiger partial charge in [0.15, 0.2) is 0 Å². The van der Waals surface area contributed by atoms with Crippen molar-refractivity contribution in [3.8, 4) is 11.3 Å². The second kappa shape index (κ2) is 6.64. The highest BCUT2D eigenvalue weighted by atomic mass is 32.1. The van der Waals surface area contributed by atoms with E-state index in [0.29, 0.717) is 17.9 Å². The van der Waals surface area contributed by atoms with Crippen molar-refractivity contribution >= 4 is 17.2 Å². The Kier molecular flexibility index (Phi) is 4.87. The van der Waals surface area contributed by atoms with Gasteiger partial charge in [0.2, 0.25) is 0 Å². The molecule has 1 aromatic heterocycles. The summed E-state index contributed by atoms with van der Waals surface area (Å²) in [7, 11) is 0. The fourth-order valence-corrected chi connectivity index (χ4v) is 2.81. The van der Waals surface area contributed by atoms with Gasteiger partial charge < -0.3 is 0 Å². The number of hydroxylamine groups is 1. The lowest BCUT2D eigenvalue weighted by atomic mass is 10.1. The largest absolute Gasteiger partial charge is 0.308 e. The van der Waals surface area contributed by atoms with Crippen molar-refractivity contribution in [2.75, 3.05) is 6.61 Å². The number of carbonyl (C=O) groups excluding carboxylic acids is 1. The summed E-state index contributed by atoms with van der Waals surface area (Å²) in [5, 5.41) is 0. The van der Waals surface area contributed by atoms with Gasteiger partial charge >= 0.3 is 4.87 Å². The molecule has 1 aromatic carbocycles. The molecule has 2 aromatic rings. The van der Waals surface area contributed by atoms with E-state index in [1.807, 2.05) is 0 Å². The number of nitrogens with zero attached hydrogens (tertiary/aromatic N) is 1. The summed E-state index contributed by atoms with van der Waals surface area (Å²) in [6.45, 7) is 3.73. The van der Waals surface area contributed by atoms with E-state index in [9.17, 15) is 14.0 Å². The summed E-state index contributed by atoms with van der Waals surface area (Å²) < 4.78 is 14.4. The van der Waals surface area contributed by atoms with E-state index < -0.39 is 5.91 Å². The van der Waals surface area contributed by atoms with Crippen LogP contribution in [0.4, 0.5) is 4.39 Å². The lowest BCUT2D eigenvalue weighted by Gasteiger charge is -2.09. The molecule has 0 aliphatic carbocycles. The first-order valence-corrected chi connectivity index (χ1v) is 7.21. The number of nitrogens with one attached hydrogen (secondary N) is 1. The minimum absolute atomic E-state index is 0.143. The number of carbonyl (C=O) groups is 1. The van der Waals surface area contributed by atoms with Crippen LogP contribution in [0.5, 0.6) is 0 Å². The van der Waals surface area contributed by atoms with Gasteiger partial charge in [-0.15, -0.1) is 0 Å². The van der Waals surface area contributed by atoms with Crippen molar-refractivity contribution in [3.63, 3.8) is 0 Å². The first-order valence-electron chi connectivity index (χ1n) is 6.39. The number of thiazole rings is 1. The monoisotopic (exact) mass is 310 g/mol. The molecule has 2 rings (SSSR count). The van der Waals surface area contributed by atoms with E-state index in [1.54, 1.807) is 26.0 Å². The van der Waals surface area contributed by atoms with Gasteiger partial charge in [-0.05, 0) is 43.7 Å². The van der Waals surface area contributed by atoms with E-state index in [-0.39, 0.29) is 17.2 Å². The maximum Gasteiger partial charge on any atom is 0.308 e. The zero-order valence-electron chi connectivity index (χ0n) is 11.7.